The summed E-state index contributed by atoms with van der Waals surface area (Å²) in [5.74, 6) is 0. The number of pyridine rings is 1. The monoisotopic (exact) mass is 470 g/mol. The highest BCUT2D eigenvalue weighted by atomic mass is 15.1. The van der Waals surface area contributed by atoms with Crippen molar-refractivity contribution in [2.24, 2.45) is 0 Å². The summed E-state index contributed by atoms with van der Waals surface area (Å²) in [5.41, 5.74) is 8.66. The van der Waals surface area contributed by atoms with Gasteiger partial charge in [-0.25, -0.2) is 0 Å². The fourth-order valence-corrected chi connectivity index (χ4v) is 6.11. The van der Waals surface area contributed by atoms with Crippen molar-refractivity contribution in [1.82, 2.24) is 4.98 Å². The van der Waals surface area contributed by atoms with E-state index in [0.717, 1.165) is 11.4 Å². The van der Waals surface area contributed by atoms with Crippen LogP contribution in [0.5, 0.6) is 0 Å². The largest absolute Gasteiger partial charge is 0.309 e. The van der Waals surface area contributed by atoms with Crippen LogP contribution in [-0.4, -0.2) is 4.98 Å². The minimum absolute atomic E-state index is 1.09. The van der Waals surface area contributed by atoms with E-state index in [-0.39, 0.29) is 0 Å². The van der Waals surface area contributed by atoms with Crippen molar-refractivity contribution in [2.75, 3.05) is 4.90 Å². The van der Waals surface area contributed by atoms with E-state index in [1.807, 2.05) is 12.4 Å². The Morgan fingerprint density at radius 3 is 1.86 bits per heavy atom. The first-order valence-corrected chi connectivity index (χ1v) is 12.6. The molecule has 0 fully saturated rings. The summed E-state index contributed by atoms with van der Waals surface area (Å²) < 4.78 is 0. The Labute approximate surface area is 215 Å². The second-order valence-electron chi connectivity index (χ2n) is 9.61. The van der Waals surface area contributed by atoms with Crippen LogP contribution in [0.1, 0.15) is 0 Å². The number of rotatable bonds is 3. The molecule has 2 nitrogen and oxygen atoms in total. The minimum atomic E-state index is 1.09. The number of benzene rings is 6. The van der Waals surface area contributed by atoms with Crippen molar-refractivity contribution < 1.29 is 0 Å². The number of hydrogen-bond acceptors (Lipinski definition) is 2. The van der Waals surface area contributed by atoms with E-state index in [4.69, 9.17) is 0 Å². The van der Waals surface area contributed by atoms with Crippen molar-refractivity contribution >= 4 is 49.4 Å². The Bertz CT molecular complexity index is 1960. The summed E-state index contributed by atoms with van der Waals surface area (Å²) in [6.45, 7) is 0. The van der Waals surface area contributed by atoms with Crippen molar-refractivity contribution in [3.8, 4) is 22.3 Å². The average molecular weight is 471 g/mol. The molecule has 172 valence electrons. The van der Waals surface area contributed by atoms with Gasteiger partial charge in [-0.2, -0.15) is 0 Å². The molecule has 0 radical (unpaired) electrons. The molecule has 0 bridgehead atoms. The van der Waals surface area contributed by atoms with E-state index in [9.17, 15) is 0 Å². The molecular formula is C35H22N2. The van der Waals surface area contributed by atoms with Gasteiger partial charge < -0.3 is 4.90 Å². The molecule has 0 saturated heterocycles. The molecule has 0 amide bonds. The van der Waals surface area contributed by atoms with Gasteiger partial charge in [0.1, 0.15) is 0 Å². The molecule has 2 heteroatoms. The van der Waals surface area contributed by atoms with Crippen molar-refractivity contribution in [3.05, 3.63) is 134 Å². The topological polar surface area (TPSA) is 16.1 Å². The average Bonchev–Trinajstić information content (AvgIpc) is 3.30. The maximum Gasteiger partial charge on any atom is 0.0546 e. The number of aromatic nitrogens is 1. The second-order valence-corrected chi connectivity index (χ2v) is 9.61. The molecule has 6 aromatic carbocycles. The molecule has 8 rings (SSSR count). The smallest absolute Gasteiger partial charge is 0.0546 e. The first kappa shape index (κ1) is 20.3. The molecule has 0 N–H and O–H groups in total. The fourth-order valence-electron chi connectivity index (χ4n) is 6.11. The molecule has 7 aromatic rings. The summed E-state index contributed by atoms with van der Waals surface area (Å²) in [6, 6.07) is 44.0. The molecule has 0 unspecified atom stereocenters. The van der Waals surface area contributed by atoms with Crippen LogP contribution < -0.4 is 4.90 Å². The summed E-state index contributed by atoms with van der Waals surface area (Å²) in [4.78, 5) is 6.73. The SMILES string of the molecule is c1ccc2c(c1)-c1cccc3c(N(c4ccncc4)c4cc5ccccc5c5ccccc45)ccc-2c13. The van der Waals surface area contributed by atoms with Crippen LogP contribution in [0.25, 0.3) is 54.6 Å². The van der Waals surface area contributed by atoms with Crippen LogP contribution in [0.15, 0.2) is 134 Å². The van der Waals surface area contributed by atoms with Crippen LogP contribution in [0.3, 0.4) is 0 Å². The second kappa shape index (κ2) is 7.78. The Morgan fingerprint density at radius 1 is 0.432 bits per heavy atom. The summed E-state index contributed by atoms with van der Waals surface area (Å²) >= 11 is 0. The van der Waals surface area contributed by atoms with Crippen LogP contribution in [-0.2, 0) is 0 Å². The zero-order valence-corrected chi connectivity index (χ0v) is 20.1. The van der Waals surface area contributed by atoms with E-state index >= 15 is 0 Å². The molecule has 1 aliphatic carbocycles. The molecule has 0 spiro atoms. The van der Waals surface area contributed by atoms with Crippen LogP contribution in [0.2, 0.25) is 0 Å². The third kappa shape index (κ3) is 2.90. The number of hydrogen-bond donors (Lipinski definition) is 0. The van der Waals surface area contributed by atoms with Gasteiger partial charge in [-0.15, -0.1) is 0 Å². The molecule has 0 aliphatic heterocycles. The van der Waals surface area contributed by atoms with Gasteiger partial charge in [-0.3, -0.25) is 4.98 Å². The van der Waals surface area contributed by atoms with Gasteiger partial charge >= 0.3 is 0 Å². The van der Waals surface area contributed by atoms with Gasteiger partial charge in [0.05, 0.1) is 11.4 Å². The highest BCUT2D eigenvalue weighted by molar-refractivity contribution is 6.20. The van der Waals surface area contributed by atoms with Crippen molar-refractivity contribution in [2.45, 2.75) is 0 Å². The first-order chi connectivity index (χ1) is 18.4. The van der Waals surface area contributed by atoms with Crippen LogP contribution in [0.4, 0.5) is 17.1 Å². The van der Waals surface area contributed by atoms with Gasteiger partial charge in [0.25, 0.3) is 0 Å². The third-order valence-electron chi connectivity index (χ3n) is 7.67. The highest BCUT2D eigenvalue weighted by Gasteiger charge is 2.25. The minimum Gasteiger partial charge on any atom is -0.309 e. The standard InChI is InChI=1S/C35H22N2/c1-2-9-25-23(8-1)22-34(29-13-6-5-10-26(25)29)37(24-18-20-36-21-19-24)33-17-16-31-28-12-4-3-11-27(28)30-14-7-15-32(33)35(30)31/h1-22H. The first-order valence-electron chi connectivity index (χ1n) is 12.6. The Hall–Kier alpha value is -4.95. The van der Waals surface area contributed by atoms with Gasteiger partial charge in [0.15, 0.2) is 0 Å². The predicted molar refractivity (Wildman–Crippen MR) is 156 cm³/mol. The zero-order valence-electron chi connectivity index (χ0n) is 20.1. The number of nitrogens with zero attached hydrogens (tertiary/aromatic N) is 2. The lowest BCUT2D eigenvalue weighted by atomic mass is 9.97. The van der Waals surface area contributed by atoms with Crippen LogP contribution in [0, 0.1) is 0 Å². The Kier molecular flexibility index (Phi) is 4.26. The highest BCUT2D eigenvalue weighted by Crippen LogP contribution is 2.51. The number of fused-ring (bicyclic) bond motifs is 6. The summed E-state index contributed by atoms with van der Waals surface area (Å²) in [5, 5.41) is 7.56. The fraction of sp³-hybridized carbons (Fsp3) is 0. The van der Waals surface area contributed by atoms with E-state index in [2.05, 4.69) is 131 Å². The van der Waals surface area contributed by atoms with E-state index in [0.29, 0.717) is 0 Å². The van der Waals surface area contributed by atoms with Gasteiger partial charge in [-0.05, 0) is 68.1 Å². The molecule has 0 atom stereocenters. The maximum atomic E-state index is 4.33. The Balaban J connectivity index is 1.49. The molecule has 1 aromatic heterocycles. The Morgan fingerprint density at radius 2 is 1.05 bits per heavy atom. The van der Waals surface area contributed by atoms with E-state index in [1.54, 1.807) is 0 Å². The van der Waals surface area contributed by atoms with Gasteiger partial charge in [0, 0.05) is 28.9 Å². The quantitative estimate of drug-likeness (QED) is 0.239. The molecule has 1 aliphatic rings. The summed E-state index contributed by atoms with van der Waals surface area (Å²) in [6.07, 6.45) is 3.75. The van der Waals surface area contributed by atoms with Gasteiger partial charge in [-0.1, -0.05) is 97.1 Å². The lowest BCUT2D eigenvalue weighted by Gasteiger charge is -2.29. The molecule has 0 saturated carbocycles. The van der Waals surface area contributed by atoms with Crippen LogP contribution >= 0.6 is 0 Å². The number of anilines is 3. The normalized spacial score (nSPS) is 11.8. The van der Waals surface area contributed by atoms with Crippen molar-refractivity contribution in [3.63, 3.8) is 0 Å². The predicted octanol–water partition coefficient (Wildman–Crippen LogP) is 9.66. The summed E-state index contributed by atoms with van der Waals surface area (Å²) in [7, 11) is 0. The lowest BCUT2D eigenvalue weighted by Crippen LogP contribution is -2.11. The van der Waals surface area contributed by atoms with Gasteiger partial charge in [0.2, 0.25) is 0 Å². The molecule has 37 heavy (non-hydrogen) atoms. The van der Waals surface area contributed by atoms with E-state index in [1.165, 1.54) is 60.3 Å². The lowest BCUT2D eigenvalue weighted by molar-refractivity contribution is 1.26. The molecular weight excluding hydrogens is 448 g/mol. The zero-order chi connectivity index (χ0) is 24.3. The van der Waals surface area contributed by atoms with Crippen molar-refractivity contribution in [1.29, 1.82) is 0 Å². The maximum absolute atomic E-state index is 4.33. The third-order valence-corrected chi connectivity index (χ3v) is 7.67. The van der Waals surface area contributed by atoms with E-state index < -0.39 is 0 Å². The molecule has 1 heterocycles.